The van der Waals surface area contributed by atoms with Crippen LogP contribution in [-0.2, 0) is 25.6 Å². The van der Waals surface area contributed by atoms with Crippen molar-refractivity contribution >= 4 is 6.03 Å². The summed E-state index contributed by atoms with van der Waals surface area (Å²) in [5.41, 5.74) is 3.01. The van der Waals surface area contributed by atoms with E-state index in [0.717, 1.165) is 31.6 Å². The zero-order valence-electron chi connectivity index (χ0n) is 20.1. The number of rotatable bonds is 5. The monoisotopic (exact) mass is 474 g/mol. The Morgan fingerprint density at radius 3 is 2.59 bits per heavy atom. The maximum atomic E-state index is 13.1. The van der Waals surface area contributed by atoms with Crippen LogP contribution >= 0.6 is 0 Å². The number of urea groups is 1. The van der Waals surface area contributed by atoms with Crippen molar-refractivity contribution in [3.63, 3.8) is 0 Å². The van der Waals surface area contributed by atoms with Gasteiger partial charge in [0.2, 0.25) is 0 Å². The molecule has 2 aliphatic rings. The third-order valence-corrected chi connectivity index (χ3v) is 6.77. The third-order valence-electron chi connectivity index (χ3n) is 6.77. The maximum Gasteiger partial charge on any atom is 0.417 e. The van der Waals surface area contributed by atoms with Gasteiger partial charge in [-0.1, -0.05) is 43.7 Å². The SMILES string of the molecule is Cc1ccc(CC(C)(C)CNC2CCN(C(=O)N3CCc4ncc(C(F)(F)F)cc4C3)C2)cc1. The quantitative estimate of drug-likeness (QED) is 0.676. The van der Waals surface area contributed by atoms with Crippen LogP contribution in [0.15, 0.2) is 36.5 Å². The van der Waals surface area contributed by atoms with Crippen LogP contribution in [0.3, 0.4) is 0 Å². The van der Waals surface area contributed by atoms with E-state index < -0.39 is 11.7 Å². The van der Waals surface area contributed by atoms with Crippen LogP contribution in [0.1, 0.15) is 48.2 Å². The average molecular weight is 475 g/mol. The molecule has 2 amide bonds. The summed E-state index contributed by atoms with van der Waals surface area (Å²) in [5, 5.41) is 3.63. The predicted octanol–water partition coefficient (Wildman–Crippen LogP) is 4.82. The summed E-state index contributed by atoms with van der Waals surface area (Å²) in [6.45, 7) is 9.33. The van der Waals surface area contributed by atoms with Crippen molar-refractivity contribution in [3.8, 4) is 0 Å². The van der Waals surface area contributed by atoms with Crippen LogP contribution in [0.2, 0.25) is 0 Å². The molecule has 1 atom stereocenters. The lowest BCUT2D eigenvalue weighted by atomic mass is 9.85. The number of fused-ring (bicyclic) bond motifs is 1. The molecule has 1 fully saturated rings. The second-order valence-electron chi connectivity index (χ2n) is 10.4. The van der Waals surface area contributed by atoms with Crippen molar-refractivity contribution < 1.29 is 18.0 Å². The van der Waals surface area contributed by atoms with Crippen LogP contribution in [0.5, 0.6) is 0 Å². The number of alkyl halides is 3. The van der Waals surface area contributed by atoms with Gasteiger partial charge in [-0.05, 0) is 42.4 Å². The molecule has 1 unspecified atom stereocenters. The molecule has 34 heavy (non-hydrogen) atoms. The van der Waals surface area contributed by atoms with Crippen LogP contribution in [0.25, 0.3) is 0 Å². The standard InChI is InChI=1S/C26H33F3N4O/c1-18-4-6-19(7-5-18)13-25(2,3)17-31-22-8-10-33(16-22)24(34)32-11-9-23-20(15-32)12-21(14-30-23)26(27,28)29/h4-7,12,14,22,31H,8-11,13,15-17H2,1-3H3. The molecule has 0 radical (unpaired) electrons. The van der Waals surface area contributed by atoms with Crippen molar-refractivity contribution in [2.45, 2.75) is 58.8 Å². The van der Waals surface area contributed by atoms with Crippen molar-refractivity contribution in [1.29, 1.82) is 0 Å². The molecule has 0 bridgehead atoms. The highest BCUT2D eigenvalue weighted by molar-refractivity contribution is 5.75. The first-order valence-electron chi connectivity index (χ1n) is 11.9. The minimum Gasteiger partial charge on any atom is -0.323 e. The number of nitrogens with zero attached hydrogens (tertiary/aromatic N) is 3. The number of aryl methyl sites for hydroxylation is 1. The number of carbonyl (C=O) groups excluding carboxylic acids is 1. The summed E-state index contributed by atoms with van der Waals surface area (Å²) in [4.78, 5) is 20.5. The summed E-state index contributed by atoms with van der Waals surface area (Å²) >= 11 is 0. The van der Waals surface area contributed by atoms with Gasteiger partial charge in [0.05, 0.1) is 5.56 Å². The minimum absolute atomic E-state index is 0.0759. The van der Waals surface area contributed by atoms with Gasteiger partial charge in [0.25, 0.3) is 0 Å². The third kappa shape index (κ3) is 5.90. The molecule has 1 saturated heterocycles. The summed E-state index contributed by atoms with van der Waals surface area (Å²) in [7, 11) is 0. The van der Waals surface area contributed by atoms with Crippen molar-refractivity contribution in [2.24, 2.45) is 5.41 Å². The first-order valence-corrected chi connectivity index (χ1v) is 11.9. The molecule has 1 aromatic carbocycles. The highest BCUT2D eigenvalue weighted by Crippen LogP contribution is 2.31. The Kier molecular flexibility index (Phi) is 6.90. The molecular formula is C26H33F3N4O. The molecule has 2 aliphatic heterocycles. The lowest BCUT2D eigenvalue weighted by Crippen LogP contribution is -2.46. The number of aromatic nitrogens is 1. The number of hydrogen-bond acceptors (Lipinski definition) is 3. The predicted molar refractivity (Wildman–Crippen MR) is 125 cm³/mol. The second-order valence-corrected chi connectivity index (χ2v) is 10.4. The Hall–Kier alpha value is -2.61. The van der Waals surface area contributed by atoms with Gasteiger partial charge in [-0.15, -0.1) is 0 Å². The number of halogens is 3. The zero-order chi connectivity index (χ0) is 24.5. The molecule has 184 valence electrons. The van der Waals surface area contributed by atoms with Gasteiger partial charge in [-0.25, -0.2) is 4.79 Å². The fraction of sp³-hybridized carbons (Fsp3) is 0.538. The number of pyridine rings is 1. The lowest BCUT2D eigenvalue weighted by Gasteiger charge is -2.32. The van der Waals surface area contributed by atoms with Crippen molar-refractivity contribution in [1.82, 2.24) is 20.1 Å². The minimum atomic E-state index is -4.44. The molecule has 3 heterocycles. The molecular weight excluding hydrogens is 441 g/mol. The van der Waals surface area contributed by atoms with Gasteiger partial charge in [0.15, 0.2) is 0 Å². The zero-order valence-corrected chi connectivity index (χ0v) is 20.1. The lowest BCUT2D eigenvalue weighted by molar-refractivity contribution is -0.137. The molecule has 0 spiro atoms. The number of amides is 2. The van der Waals surface area contributed by atoms with Crippen LogP contribution in [-0.4, -0.2) is 53.0 Å². The van der Waals surface area contributed by atoms with Gasteiger partial charge < -0.3 is 15.1 Å². The maximum absolute atomic E-state index is 13.1. The van der Waals surface area contributed by atoms with Crippen molar-refractivity contribution in [3.05, 3.63) is 64.5 Å². The van der Waals surface area contributed by atoms with Gasteiger partial charge in [-0.3, -0.25) is 4.98 Å². The van der Waals surface area contributed by atoms with Gasteiger partial charge in [0, 0.05) is 57.1 Å². The Morgan fingerprint density at radius 1 is 1.15 bits per heavy atom. The van der Waals surface area contributed by atoms with E-state index in [9.17, 15) is 18.0 Å². The van der Waals surface area contributed by atoms with E-state index in [1.165, 1.54) is 11.1 Å². The van der Waals surface area contributed by atoms with E-state index in [1.807, 2.05) is 4.90 Å². The Bertz CT molecular complexity index is 1020. The number of nitrogens with one attached hydrogen (secondary N) is 1. The summed E-state index contributed by atoms with van der Waals surface area (Å²) in [5.74, 6) is 0. The molecule has 4 rings (SSSR count). The number of likely N-dealkylation sites (tertiary alicyclic amines) is 1. The molecule has 0 saturated carbocycles. The number of benzene rings is 1. The Balaban J connectivity index is 1.29. The normalized spacial score (nSPS) is 18.8. The fourth-order valence-electron chi connectivity index (χ4n) is 4.79. The molecule has 5 nitrogen and oxygen atoms in total. The van der Waals surface area contributed by atoms with E-state index in [4.69, 9.17) is 0 Å². The van der Waals surface area contributed by atoms with Crippen molar-refractivity contribution in [2.75, 3.05) is 26.2 Å². The van der Waals surface area contributed by atoms with E-state index in [-0.39, 0.29) is 24.0 Å². The van der Waals surface area contributed by atoms with Crippen LogP contribution in [0.4, 0.5) is 18.0 Å². The number of hydrogen-bond donors (Lipinski definition) is 1. The topological polar surface area (TPSA) is 48.5 Å². The van der Waals surface area contributed by atoms with Crippen LogP contribution < -0.4 is 5.32 Å². The summed E-state index contributed by atoms with van der Waals surface area (Å²) in [6.07, 6.45) is -1.24. The Morgan fingerprint density at radius 2 is 1.88 bits per heavy atom. The molecule has 1 N–H and O–H groups in total. The van der Waals surface area contributed by atoms with E-state index in [1.54, 1.807) is 4.90 Å². The highest BCUT2D eigenvalue weighted by atomic mass is 19.4. The number of carbonyl (C=O) groups is 1. The molecule has 0 aliphatic carbocycles. The van der Waals surface area contributed by atoms with E-state index >= 15 is 0 Å². The highest BCUT2D eigenvalue weighted by Gasteiger charge is 2.35. The van der Waals surface area contributed by atoms with Crippen LogP contribution in [0, 0.1) is 12.3 Å². The molecule has 8 heteroatoms. The average Bonchev–Trinajstić information content (AvgIpc) is 3.26. The van der Waals surface area contributed by atoms with Gasteiger partial charge in [-0.2, -0.15) is 13.2 Å². The van der Waals surface area contributed by atoms with Gasteiger partial charge >= 0.3 is 12.2 Å². The first-order chi connectivity index (χ1) is 16.0. The van der Waals surface area contributed by atoms with E-state index in [2.05, 4.69) is 55.3 Å². The first kappa shape index (κ1) is 24.5. The molecule has 1 aromatic heterocycles. The Labute approximate surface area is 199 Å². The summed E-state index contributed by atoms with van der Waals surface area (Å²) in [6, 6.07) is 9.87. The molecule has 2 aromatic rings. The van der Waals surface area contributed by atoms with Gasteiger partial charge in [0.1, 0.15) is 0 Å². The van der Waals surface area contributed by atoms with E-state index in [0.29, 0.717) is 37.3 Å². The fourth-order valence-corrected chi connectivity index (χ4v) is 4.79. The smallest absolute Gasteiger partial charge is 0.323 e. The summed E-state index contributed by atoms with van der Waals surface area (Å²) < 4.78 is 39.2. The second kappa shape index (κ2) is 9.56. The largest absolute Gasteiger partial charge is 0.417 e.